The van der Waals surface area contributed by atoms with Gasteiger partial charge in [-0.3, -0.25) is 14.2 Å². The molecule has 9 heteroatoms. The number of nitrogens with one attached hydrogen (secondary N) is 1. The summed E-state index contributed by atoms with van der Waals surface area (Å²) in [6, 6.07) is 11.3. The Morgan fingerprint density at radius 3 is 2.81 bits per heavy atom. The van der Waals surface area contributed by atoms with Gasteiger partial charge in [-0.1, -0.05) is 24.3 Å². The van der Waals surface area contributed by atoms with E-state index in [1.54, 1.807) is 27.6 Å². The predicted octanol–water partition coefficient (Wildman–Crippen LogP) is 2.17. The molecule has 0 radical (unpaired) electrons. The van der Waals surface area contributed by atoms with Crippen LogP contribution in [0, 0.1) is 6.92 Å². The van der Waals surface area contributed by atoms with Crippen LogP contribution in [-0.4, -0.2) is 43.4 Å². The second kappa shape index (κ2) is 9.42. The molecule has 164 valence electrons. The van der Waals surface area contributed by atoms with E-state index in [4.69, 9.17) is 4.74 Å². The molecule has 0 unspecified atom stereocenters. The van der Waals surface area contributed by atoms with Crippen molar-refractivity contribution in [2.24, 2.45) is 0 Å². The Kier molecular flexibility index (Phi) is 6.25. The van der Waals surface area contributed by atoms with Gasteiger partial charge in [0.15, 0.2) is 5.65 Å². The molecule has 0 atom stereocenters. The van der Waals surface area contributed by atoms with Gasteiger partial charge in [0.25, 0.3) is 11.5 Å². The van der Waals surface area contributed by atoms with Crippen LogP contribution in [0.1, 0.15) is 28.4 Å². The Morgan fingerprint density at radius 1 is 1.16 bits per heavy atom. The molecule has 0 saturated heterocycles. The van der Waals surface area contributed by atoms with Gasteiger partial charge in [0.2, 0.25) is 5.88 Å². The summed E-state index contributed by atoms with van der Waals surface area (Å²) in [6.07, 6.45) is 4.64. The number of pyridine rings is 1. The fourth-order valence-electron chi connectivity index (χ4n) is 3.43. The Morgan fingerprint density at radius 2 is 2.00 bits per heavy atom. The van der Waals surface area contributed by atoms with Crippen LogP contribution in [0.2, 0.25) is 0 Å². The van der Waals surface area contributed by atoms with Gasteiger partial charge in [-0.2, -0.15) is 5.10 Å². The van der Waals surface area contributed by atoms with Crippen molar-refractivity contribution >= 4 is 16.9 Å². The van der Waals surface area contributed by atoms with Crippen LogP contribution in [0.15, 0.2) is 59.9 Å². The zero-order valence-electron chi connectivity index (χ0n) is 18.0. The Hall–Kier alpha value is -4.01. The smallest absolute Gasteiger partial charge is 0.264 e. The summed E-state index contributed by atoms with van der Waals surface area (Å²) in [5.41, 5.74) is 2.89. The fourth-order valence-corrected chi connectivity index (χ4v) is 3.43. The third-order valence-corrected chi connectivity index (χ3v) is 5.13. The van der Waals surface area contributed by atoms with Crippen molar-refractivity contribution in [1.82, 2.24) is 29.6 Å². The molecule has 4 rings (SSSR count). The Labute approximate surface area is 184 Å². The van der Waals surface area contributed by atoms with Crippen LogP contribution in [0.25, 0.3) is 11.0 Å². The normalized spacial score (nSPS) is 10.9. The number of amides is 1. The first-order valence-electron chi connectivity index (χ1n) is 10.4. The number of nitrogens with zero attached hydrogens (tertiary/aromatic N) is 5. The van der Waals surface area contributed by atoms with E-state index in [-0.39, 0.29) is 11.5 Å². The summed E-state index contributed by atoms with van der Waals surface area (Å²) in [4.78, 5) is 33.9. The van der Waals surface area contributed by atoms with Crippen molar-refractivity contribution in [2.75, 3.05) is 13.2 Å². The molecule has 0 spiro atoms. The molecule has 0 aliphatic carbocycles. The van der Waals surface area contributed by atoms with Crippen LogP contribution in [0.5, 0.6) is 5.88 Å². The first kappa shape index (κ1) is 21.2. The molecule has 0 bridgehead atoms. The van der Waals surface area contributed by atoms with Gasteiger partial charge in [-0.05, 0) is 37.1 Å². The Bertz CT molecular complexity index is 1310. The molecular formula is C23H24N6O3. The van der Waals surface area contributed by atoms with Crippen LogP contribution in [0.3, 0.4) is 0 Å². The average molecular weight is 432 g/mol. The second-order valence-corrected chi connectivity index (χ2v) is 7.25. The number of rotatable bonds is 8. The monoisotopic (exact) mass is 432 g/mol. The van der Waals surface area contributed by atoms with E-state index >= 15 is 0 Å². The van der Waals surface area contributed by atoms with Crippen molar-refractivity contribution in [2.45, 2.75) is 26.9 Å². The number of aromatic nitrogens is 5. The number of hydrogen-bond acceptors (Lipinski definition) is 6. The number of ether oxygens (including phenoxy) is 1. The van der Waals surface area contributed by atoms with E-state index in [0.717, 1.165) is 11.1 Å². The molecule has 0 fully saturated rings. The van der Waals surface area contributed by atoms with E-state index < -0.39 is 0 Å². The van der Waals surface area contributed by atoms with Crippen molar-refractivity contribution in [3.8, 4) is 5.88 Å². The molecule has 1 amide bonds. The number of hydrogen-bond donors (Lipinski definition) is 1. The minimum Gasteiger partial charge on any atom is -0.477 e. The largest absolute Gasteiger partial charge is 0.477 e. The highest BCUT2D eigenvalue weighted by Gasteiger charge is 2.14. The molecule has 0 saturated carbocycles. The third-order valence-electron chi connectivity index (χ3n) is 5.13. The summed E-state index contributed by atoms with van der Waals surface area (Å²) >= 11 is 0. The quantitative estimate of drug-likeness (QED) is 0.458. The maximum Gasteiger partial charge on any atom is 0.264 e. The van der Waals surface area contributed by atoms with E-state index in [0.29, 0.717) is 48.7 Å². The molecule has 0 aliphatic heterocycles. The summed E-state index contributed by atoms with van der Waals surface area (Å²) in [5.74, 6) is 0.0134. The van der Waals surface area contributed by atoms with Gasteiger partial charge in [0.05, 0.1) is 25.9 Å². The fraction of sp³-hybridized carbons (Fsp3) is 0.261. The lowest BCUT2D eigenvalue weighted by molar-refractivity contribution is 0.0947. The first-order valence-corrected chi connectivity index (χ1v) is 10.4. The SMILES string of the molecule is CCOc1ncccc1C(=O)NCCn1ncc2c(=O)n(Cc3ccccc3C)cnc21. The minimum absolute atomic E-state index is 0.148. The van der Waals surface area contributed by atoms with Gasteiger partial charge in [0.1, 0.15) is 17.3 Å². The van der Waals surface area contributed by atoms with E-state index in [1.165, 1.54) is 12.5 Å². The highest BCUT2D eigenvalue weighted by atomic mass is 16.5. The molecule has 1 N–H and O–H groups in total. The molecular weight excluding hydrogens is 408 g/mol. The van der Waals surface area contributed by atoms with Crippen molar-refractivity contribution < 1.29 is 9.53 Å². The number of benzene rings is 1. The van der Waals surface area contributed by atoms with E-state index in [2.05, 4.69) is 20.4 Å². The van der Waals surface area contributed by atoms with E-state index in [1.807, 2.05) is 38.1 Å². The lowest BCUT2D eigenvalue weighted by atomic mass is 10.1. The second-order valence-electron chi connectivity index (χ2n) is 7.25. The topological polar surface area (TPSA) is 104 Å². The Balaban J connectivity index is 1.46. The van der Waals surface area contributed by atoms with Gasteiger partial charge in [0, 0.05) is 12.7 Å². The van der Waals surface area contributed by atoms with Crippen LogP contribution < -0.4 is 15.6 Å². The van der Waals surface area contributed by atoms with Crippen molar-refractivity contribution in [3.05, 3.63) is 82.2 Å². The molecule has 4 aromatic rings. The molecule has 0 aliphatic rings. The summed E-state index contributed by atoms with van der Waals surface area (Å²) in [6.45, 7) is 5.40. The first-order chi connectivity index (χ1) is 15.6. The van der Waals surface area contributed by atoms with Crippen LogP contribution in [-0.2, 0) is 13.1 Å². The number of carbonyl (C=O) groups excluding carboxylic acids is 1. The number of aryl methyl sites for hydroxylation is 1. The van der Waals surface area contributed by atoms with Crippen LogP contribution in [0.4, 0.5) is 0 Å². The number of fused-ring (bicyclic) bond motifs is 1. The molecule has 3 heterocycles. The average Bonchev–Trinajstić information content (AvgIpc) is 3.21. The molecule has 3 aromatic heterocycles. The lowest BCUT2D eigenvalue weighted by Gasteiger charge is -2.10. The van der Waals surface area contributed by atoms with Crippen LogP contribution >= 0.6 is 0 Å². The summed E-state index contributed by atoms with van der Waals surface area (Å²) < 4.78 is 8.60. The summed E-state index contributed by atoms with van der Waals surface area (Å²) in [7, 11) is 0. The zero-order chi connectivity index (χ0) is 22.5. The highest BCUT2D eigenvalue weighted by Crippen LogP contribution is 2.14. The third kappa shape index (κ3) is 4.36. The van der Waals surface area contributed by atoms with Crippen molar-refractivity contribution in [3.63, 3.8) is 0 Å². The van der Waals surface area contributed by atoms with Gasteiger partial charge in [-0.15, -0.1) is 0 Å². The molecule has 9 nitrogen and oxygen atoms in total. The van der Waals surface area contributed by atoms with Gasteiger partial charge >= 0.3 is 0 Å². The number of carbonyl (C=O) groups is 1. The molecule has 32 heavy (non-hydrogen) atoms. The highest BCUT2D eigenvalue weighted by molar-refractivity contribution is 5.96. The van der Waals surface area contributed by atoms with Crippen molar-refractivity contribution in [1.29, 1.82) is 0 Å². The van der Waals surface area contributed by atoms with Gasteiger partial charge < -0.3 is 10.1 Å². The maximum absolute atomic E-state index is 12.9. The minimum atomic E-state index is -0.286. The standard InChI is InChI=1S/C23H24N6O3/c1-3-32-22-18(9-6-10-25-22)21(30)24-11-12-29-20-19(13-27-29)23(31)28(15-26-20)14-17-8-5-4-7-16(17)2/h4-10,13,15H,3,11-12,14H2,1-2H3,(H,24,30). The van der Waals surface area contributed by atoms with E-state index in [9.17, 15) is 9.59 Å². The predicted molar refractivity (Wildman–Crippen MR) is 120 cm³/mol. The van der Waals surface area contributed by atoms with Gasteiger partial charge in [-0.25, -0.2) is 14.6 Å². The lowest BCUT2D eigenvalue weighted by Crippen LogP contribution is -2.28. The zero-order valence-corrected chi connectivity index (χ0v) is 18.0. The molecule has 1 aromatic carbocycles. The maximum atomic E-state index is 12.9. The summed E-state index contributed by atoms with van der Waals surface area (Å²) in [5, 5.41) is 7.57.